The zero-order chi connectivity index (χ0) is 18.5. The summed E-state index contributed by atoms with van der Waals surface area (Å²) in [4.78, 5) is 4.13. The van der Waals surface area contributed by atoms with Gasteiger partial charge in [-0.25, -0.2) is 0 Å². The second-order valence-electron chi connectivity index (χ2n) is 5.09. The molecular weight excluding hydrogens is 459 g/mol. The fourth-order valence-electron chi connectivity index (χ4n) is 2.14. The molecule has 0 radical (unpaired) electrons. The van der Waals surface area contributed by atoms with E-state index in [1.807, 2.05) is 13.0 Å². The second kappa shape index (κ2) is 14.8. The van der Waals surface area contributed by atoms with Crippen molar-refractivity contribution in [2.75, 3.05) is 40.5 Å². The molecule has 0 unspecified atom stereocenters. The van der Waals surface area contributed by atoms with Gasteiger partial charge in [0.2, 0.25) is 0 Å². The standard InChI is InChI=1S/C17H27F2N3O3.HI/c1-4-24-11-5-9-21-17(20-2)22-10-8-13-6-7-14(23-3)15(12-13)25-16(18)19;/h6-7,12,16H,4-5,8-11H2,1-3H3,(H2,20,21,22);1H. The third-order valence-electron chi connectivity index (χ3n) is 3.34. The molecule has 0 bridgehead atoms. The van der Waals surface area contributed by atoms with Crippen molar-refractivity contribution in [1.29, 1.82) is 0 Å². The average Bonchev–Trinajstić information content (AvgIpc) is 2.59. The van der Waals surface area contributed by atoms with Crippen LogP contribution in [0.5, 0.6) is 11.5 Å². The van der Waals surface area contributed by atoms with Crippen LogP contribution in [0.1, 0.15) is 18.9 Å². The van der Waals surface area contributed by atoms with E-state index < -0.39 is 6.61 Å². The Morgan fingerprint density at radius 2 is 1.92 bits per heavy atom. The van der Waals surface area contributed by atoms with Crippen LogP contribution in [-0.2, 0) is 11.2 Å². The number of aliphatic imine (C=N–C) groups is 1. The number of methoxy groups -OCH3 is 1. The molecule has 9 heteroatoms. The SMILES string of the molecule is CCOCCCNC(=NC)NCCc1ccc(OC)c(OC(F)F)c1.I. The largest absolute Gasteiger partial charge is 0.493 e. The maximum atomic E-state index is 12.4. The fourth-order valence-corrected chi connectivity index (χ4v) is 2.14. The van der Waals surface area contributed by atoms with E-state index in [4.69, 9.17) is 9.47 Å². The van der Waals surface area contributed by atoms with Crippen molar-refractivity contribution in [2.24, 2.45) is 4.99 Å². The summed E-state index contributed by atoms with van der Waals surface area (Å²) in [6, 6.07) is 5.00. The molecule has 6 nitrogen and oxygen atoms in total. The first kappa shape index (κ1) is 24.6. The molecule has 0 atom stereocenters. The van der Waals surface area contributed by atoms with E-state index in [1.165, 1.54) is 7.11 Å². The van der Waals surface area contributed by atoms with Crippen LogP contribution in [-0.4, -0.2) is 53.0 Å². The number of benzene rings is 1. The quantitative estimate of drug-likeness (QED) is 0.218. The summed E-state index contributed by atoms with van der Waals surface area (Å²) >= 11 is 0. The minimum atomic E-state index is -2.89. The monoisotopic (exact) mass is 487 g/mol. The molecule has 0 heterocycles. The number of halogens is 3. The average molecular weight is 487 g/mol. The molecule has 0 saturated carbocycles. The molecule has 0 aliphatic rings. The molecule has 1 rings (SSSR count). The van der Waals surface area contributed by atoms with Crippen molar-refractivity contribution in [3.8, 4) is 11.5 Å². The van der Waals surface area contributed by atoms with E-state index in [-0.39, 0.29) is 35.5 Å². The number of nitrogens with one attached hydrogen (secondary N) is 2. The van der Waals surface area contributed by atoms with Gasteiger partial charge in [0.25, 0.3) is 0 Å². The summed E-state index contributed by atoms with van der Waals surface area (Å²) in [6.07, 6.45) is 1.52. The van der Waals surface area contributed by atoms with Gasteiger partial charge in [0.1, 0.15) is 0 Å². The molecule has 1 aromatic carbocycles. The lowest BCUT2D eigenvalue weighted by molar-refractivity contribution is -0.0512. The Bertz CT molecular complexity index is 534. The predicted octanol–water partition coefficient (Wildman–Crippen LogP) is 3.05. The van der Waals surface area contributed by atoms with E-state index in [9.17, 15) is 8.78 Å². The molecule has 0 aliphatic carbocycles. The van der Waals surface area contributed by atoms with E-state index in [1.54, 1.807) is 19.2 Å². The zero-order valence-electron chi connectivity index (χ0n) is 15.4. The third kappa shape index (κ3) is 9.95. The van der Waals surface area contributed by atoms with Crippen LogP contribution in [0.25, 0.3) is 0 Å². The van der Waals surface area contributed by atoms with Crippen molar-refractivity contribution in [3.05, 3.63) is 23.8 Å². The van der Waals surface area contributed by atoms with Crippen LogP contribution < -0.4 is 20.1 Å². The predicted molar refractivity (Wildman–Crippen MR) is 109 cm³/mol. The van der Waals surface area contributed by atoms with Crippen molar-refractivity contribution < 1.29 is 23.0 Å². The van der Waals surface area contributed by atoms with Crippen LogP contribution in [0, 0.1) is 0 Å². The smallest absolute Gasteiger partial charge is 0.387 e. The molecular formula is C17H28F2IN3O3. The Kier molecular flexibility index (Phi) is 14.0. The maximum Gasteiger partial charge on any atom is 0.387 e. The van der Waals surface area contributed by atoms with Gasteiger partial charge in [-0.3, -0.25) is 4.99 Å². The van der Waals surface area contributed by atoms with Crippen LogP contribution in [0.15, 0.2) is 23.2 Å². The summed E-state index contributed by atoms with van der Waals surface area (Å²) in [5, 5.41) is 6.36. The highest BCUT2D eigenvalue weighted by atomic mass is 127. The Morgan fingerprint density at radius 3 is 2.54 bits per heavy atom. The van der Waals surface area contributed by atoms with Gasteiger partial charge < -0.3 is 24.8 Å². The molecule has 0 aliphatic heterocycles. The van der Waals surface area contributed by atoms with Gasteiger partial charge in [0.05, 0.1) is 7.11 Å². The zero-order valence-corrected chi connectivity index (χ0v) is 17.7. The first-order valence-corrected chi connectivity index (χ1v) is 8.24. The molecule has 0 amide bonds. The minimum Gasteiger partial charge on any atom is -0.493 e. The third-order valence-corrected chi connectivity index (χ3v) is 3.34. The van der Waals surface area contributed by atoms with Gasteiger partial charge >= 0.3 is 6.61 Å². The molecule has 0 spiro atoms. The molecule has 2 N–H and O–H groups in total. The highest BCUT2D eigenvalue weighted by Gasteiger charge is 2.11. The van der Waals surface area contributed by atoms with Gasteiger partial charge in [0.15, 0.2) is 17.5 Å². The Balaban J connectivity index is 0.00000625. The van der Waals surface area contributed by atoms with E-state index in [0.29, 0.717) is 32.1 Å². The molecule has 0 saturated heterocycles. The number of ether oxygens (including phenoxy) is 3. The molecule has 26 heavy (non-hydrogen) atoms. The highest BCUT2D eigenvalue weighted by molar-refractivity contribution is 14.0. The van der Waals surface area contributed by atoms with Gasteiger partial charge in [0, 0.05) is 33.4 Å². The molecule has 150 valence electrons. The maximum absolute atomic E-state index is 12.4. The number of guanidine groups is 1. The summed E-state index contributed by atoms with van der Waals surface area (Å²) in [7, 11) is 3.11. The van der Waals surface area contributed by atoms with Crippen molar-refractivity contribution in [2.45, 2.75) is 26.4 Å². The van der Waals surface area contributed by atoms with Crippen LogP contribution >= 0.6 is 24.0 Å². The summed E-state index contributed by atoms with van der Waals surface area (Å²) in [5.41, 5.74) is 0.857. The van der Waals surface area contributed by atoms with Gasteiger partial charge in [-0.2, -0.15) is 8.78 Å². The first-order valence-electron chi connectivity index (χ1n) is 8.24. The van der Waals surface area contributed by atoms with Crippen molar-refractivity contribution in [1.82, 2.24) is 10.6 Å². The summed E-state index contributed by atoms with van der Waals surface area (Å²) < 4.78 is 39.7. The molecule has 0 aromatic heterocycles. The van der Waals surface area contributed by atoms with Gasteiger partial charge in [-0.15, -0.1) is 24.0 Å². The fraction of sp³-hybridized carbons (Fsp3) is 0.588. The lowest BCUT2D eigenvalue weighted by Gasteiger charge is -2.13. The van der Waals surface area contributed by atoms with Gasteiger partial charge in [-0.1, -0.05) is 6.07 Å². The lowest BCUT2D eigenvalue weighted by Crippen LogP contribution is -2.39. The topological polar surface area (TPSA) is 64.1 Å². The normalized spacial score (nSPS) is 11.1. The van der Waals surface area contributed by atoms with E-state index >= 15 is 0 Å². The van der Waals surface area contributed by atoms with Crippen molar-refractivity contribution in [3.63, 3.8) is 0 Å². The number of nitrogens with zero attached hydrogens (tertiary/aromatic N) is 1. The van der Waals surface area contributed by atoms with Crippen LogP contribution in [0.2, 0.25) is 0 Å². The van der Waals surface area contributed by atoms with Crippen molar-refractivity contribution >= 4 is 29.9 Å². The number of alkyl halides is 2. The Morgan fingerprint density at radius 1 is 1.19 bits per heavy atom. The Labute approximate surface area is 170 Å². The van der Waals surface area contributed by atoms with E-state index in [0.717, 1.165) is 18.5 Å². The van der Waals surface area contributed by atoms with Crippen LogP contribution in [0.4, 0.5) is 8.78 Å². The highest BCUT2D eigenvalue weighted by Crippen LogP contribution is 2.29. The number of rotatable bonds is 11. The lowest BCUT2D eigenvalue weighted by atomic mass is 10.1. The van der Waals surface area contributed by atoms with Gasteiger partial charge in [-0.05, 0) is 37.5 Å². The van der Waals surface area contributed by atoms with E-state index in [2.05, 4.69) is 20.4 Å². The second-order valence-corrected chi connectivity index (χ2v) is 5.09. The molecule has 0 fully saturated rings. The first-order chi connectivity index (χ1) is 12.1. The van der Waals surface area contributed by atoms with Crippen LogP contribution in [0.3, 0.4) is 0 Å². The molecule has 1 aromatic rings. The minimum absolute atomic E-state index is 0. The number of hydrogen-bond acceptors (Lipinski definition) is 4. The number of hydrogen-bond donors (Lipinski definition) is 2. The summed E-state index contributed by atoms with van der Waals surface area (Å²) in [5.74, 6) is 1.01. The summed E-state index contributed by atoms with van der Waals surface area (Å²) in [6.45, 7) is 1.86. The Hall–Kier alpha value is -1.36.